The fourth-order valence-electron chi connectivity index (χ4n) is 1.76. The van der Waals surface area contributed by atoms with E-state index in [4.69, 9.17) is 4.74 Å². The zero-order valence-electron chi connectivity index (χ0n) is 9.10. The molecule has 1 unspecified atom stereocenters. The van der Waals surface area contributed by atoms with Crippen molar-refractivity contribution in [2.45, 2.75) is 13.0 Å². The van der Waals surface area contributed by atoms with E-state index < -0.39 is 0 Å². The van der Waals surface area contributed by atoms with Crippen molar-refractivity contribution >= 4 is 5.91 Å². The van der Waals surface area contributed by atoms with Crippen molar-refractivity contribution in [3.63, 3.8) is 0 Å². The Morgan fingerprint density at radius 2 is 2.44 bits per heavy atom. The summed E-state index contributed by atoms with van der Waals surface area (Å²) in [4.78, 5) is 27.9. The number of carbonyl (C=O) groups is 1. The van der Waals surface area contributed by atoms with Gasteiger partial charge in [-0.3, -0.25) is 9.59 Å². The number of pyridine rings is 1. The van der Waals surface area contributed by atoms with Crippen LogP contribution in [0.2, 0.25) is 0 Å². The first kappa shape index (κ1) is 10.9. The molecule has 1 amide bonds. The van der Waals surface area contributed by atoms with E-state index in [1.807, 2.05) is 6.92 Å². The molecule has 1 N–H and O–H groups in total. The van der Waals surface area contributed by atoms with E-state index in [1.54, 1.807) is 4.90 Å². The minimum absolute atomic E-state index is 0.0282. The fraction of sp³-hybridized carbons (Fsp3) is 0.455. The lowest BCUT2D eigenvalue weighted by Gasteiger charge is -2.30. The monoisotopic (exact) mass is 222 g/mol. The van der Waals surface area contributed by atoms with Crippen LogP contribution in [-0.2, 0) is 4.74 Å². The normalized spacial score (nSPS) is 20.8. The molecule has 1 aliphatic rings. The number of hydrogen-bond acceptors (Lipinski definition) is 3. The molecule has 1 aromatic heterocycles. The highest BCUT2D eigenvalue weighted by atomic mass is 16.5. The molecule has 1 aliphatic heterocycles. The summed E-state index contributed by atoms with van der Waals surface area (Å²) in [6.45, 7) is 3.51. The maximum Gasteiger partial charge on any atom is 0.259 e. The Labute approximate surface area is 93.0 Å². The van der Waals surface area contributed by atoms with Crippen molar-refractivity contribution < 1.29 is 9.53 Å². The number of ether oxygens (including phenoxy) is 1. The van der Waals surface area contributed by atoms with Crippen molar-refractivity contribution in [1.29, 1.82) is 0 Å². The molecule has 0 aliphatic carbocycles. The minimum atomic E-state index is -0.247. The quantitative estimate of drug-likeness (QED) is 0.740. The van der Waals surface area contributed by atoms with E-state index >= 15 is 0 Å². The number of carbonyl (C=O) groups excluding carboxylic acids is 1. The highest BCUT2D eigenvalue weighted by molar-refractivity contribution is 5.93. The number of nitrogens with one attached hydrogen (secondary N) is 1. The van der Waals surface area contributed by atoms with Crippen LogP contribution in [0.4, 0.5) is 0 Å². The standard InChI is InChI=1S/C11H14N2O3/c1-8-7-13(4-5-16-8)11(15)9-6-12-3-2-10(9)14/h2-3,6,8H,4-5,7H2,1H3,(H,12,14). The highest BCUT2D eigenvalue weighted by Gasteiger charge is 2.23. The molecule has 2 rings (SSSR count). The fourth-order valence-corrected chi connectivity index (χ4v) is 1.76. The summed E-state index contributed by atoms with van der Waals surface area (Å²) in [6.07, 6.45) is 2.99. The van der Waals surface area contributed by atoms with Crippen LogP contribution in [0.3, 0.4) is 0 Å². The Hall–Kier alpha value is -1.62. The third-order valence-electron chi connectivity index (χ3n) is 2.58. The number of aromatic nitrogens is 1. The molecule has 2 heterocycles. The molecule has 1 fully saturated rings. The molecule has 0 saturated carbocycles. The predicted octanol–water partition coefficient (Wildman–Crippen LogP) is 0.236. The zero-order chi connectivity index (χ0) is 11.5. The van der Waals surface area contributed by atoms with Gasteiger partial charge in [0.2, 0.25) is 0 Å². The van der Waals surface area contributed by atoms with E-state index in [2.05, 4.69) is 4.98 Å². The second-order valence-electron chi connectivity index (χ2n) is 3.85. The van der Waals surface area contributed by atoms with Crippen molar-refractivity contribution in [2.75, 3.05) is 19.7 Å². The van der Waals surface area contributed by atoms with Gasteiger partial charge in [0.25, 0.3) is 5.91 Å². The first-order chi connectivity index (χ1) is 7.68. The molecule has 1 aromatic rings. The van der Waals surface area contributed by atoms with Gasteiger partial charge in [0.15, 0.2) is 5.43 Å². The van der Waals surface area contributed by atoms with Crippen LogP contribution in [0.15, 0.2) is 23.3 Å². The molecule has 1 saturated heterocycles. The van der Waals surface area contributed by atoms with E-state index in [0.29, 0.717) is 19.7 Å². The van der Waals surface area contributed by atoms with Crippen molar-refractivity contribution in [1.82, 2.24) is 9.88 Å². The lowest BCUT2D eigenvalue weighted by atomic mass is 10.2. The molecule has 86 valence electrons. The van der Waals surface area contributed by atoms with Crippen LogP contribution in [-0.4, -0.2) is 41.6 Å². The summed E-state index contributed by atoms with van der Waals surface area (Å²) in [5, 5.41) is 0. The number of nitrogens with zero attached hydrogens (tertiary/aromatic N) is 1. The van der Waals surface area contributed by atoms with Crippen LogP contribution >= 0.6 is 0 Å². The van der Waals surface area contributed by atoms with E-state index in [1.165, 1.54) is 18.5 Å². The Balaban J connectivity index is 2.19. The van der Waals surface area contributed by atoms with Gasteiger partial charge < -0.3 is 14.6 Å². The van der Waals surface area contributed by atoms with E-state index in [0.717, 1.165) is 0 Å². The van der Waals surface area contributed by atoms with Crippen LogP contribution < -0.4 is 5.43 Å². The summed E-state index contributed by atoms with van der Waals surface area (Å²) >= 11 is 0. The number of H-pyrrole nitrogens is 1. The summed E-state index contributed by atoms with van der Waals surface area (Å²) in [6, 6.07) is 1.36. The third kappa shape index (κ3) is 2.14. The topological polar surface area (TPSA) is 62.4 Å². The molecule has 1 atom stereocenters. The number of amides is 1. The minimum Gasteiger partial charge on any atom is -0.375 e. The van der Waals surface area contributed by atoms with E-state index in [-0.39, 0.29) is 23.0 Å². The summed E-state index contributed by atoms with van der Waals surface area (Å²) in [5.41, 5.74) is -0.0560. The lowest BCUT2D eigenvalue weighted by Crippen LogP contribution is -2.45. The molecule has 0 bridgehead atoms. The van der Waals surface area contributed by atoms with Gasteiger partial charge in [0.1, 0.15) is 5.56 Å². The van der Waals surface area contributed by atoms with Crippen molar-refractivity contribution in [3.8, 4) is 0 Å². The van der Waals surface area contributed by atoms with Crippen LogP contribution in [0.1, 0.15) is 17.3 Å². The molecular weight excluding hydrogens is 208 g/mol. The number of aromatic amines is 1. The second-order valence-corrected chi connectivity index (χ2v) is 3.85. The number of morpholine rings is 1. The lowest BCUT2D eigenvalue weighted by molar-refractivity contribution is -0.0124. The summed E-state index contributed by atoms with van der Waals surface area (Å²) < 4.78 is 5.34. The Kier molecular flexibility index (Phi) is 3.05. The van der Waals surface area contributed by atoms with Gasteiger partial charge in [-0.2, -0.15) is 0 Å². The molecule has 16 heavy (non-hydrogen) atoms. The van der Waals surface area contributed by atoms with Gasteiger partial charge in [0.05, 0.1) is 12.7 Å². The molecule has 0 aromatic carbocycles. The first-order valence-electron chi connectivity index (χ1n) is 5.26. The maximum absolute atomic E-state index is 12.0. The van der Waals surface area contributed by atoms with Gasteiger partial charge in [-0.15, -0.1) is 0 Å². The van der Waals surface area contributed by atoms with Gasteiger partial charge in [-0.1, -0.05) is 0 Å². The summed E-state index contributed by atoms with van der Waals surface area (Å²) in [7, 11) is 0. The van der Waals surface area contributed by atoms with Gasteiger partial charge in [-0.05, 0) is 6.92 Å². The van der Waals surface area contributed by atoms with Gasteiger partial charge in [-0.25, -0.2) is 0 Å². The molecule has 0 radical (unpaired) electrons. The van der Waals surface area contributed by atoms with E-state index in [9.17, 15) is 9.59 Å². The maximum atomic E-state index is 12.0. The zero-order valence-corrected chi connectivity index (χ0v) is 9.10. The SMILES string of the molecule is CC1CN(C(=O)c2c[nH]ccc2=O)CCO1. The Morgan fingerprint density at radius 1 is 1.62 bits per heavy atom. The summed E-state index contributed by atoms with van der Waals surface area (Å²) in [5.74, 6) is -0.225. The molecule has 5 heteroatoms. The van der Waals surface area contributed by atoms with Crippen LogP contribution in [0.5, 0.6) is 0 Å². The highest BCUT2D eigenvalue weighted by Crippen LogP contribution is 2.07. The van der Waals surface area contributed by atoms with Crippen LogP contribution in [0.25, 0.3) is 0 Å². The average Bonchev–Trinajstić information content (AvgIpc) is 2.29. The second kappa shape index (κ2) is 4.49. The Morgan fingerprint density at radius 3 is 3.12 bits per heavy atom. The average molecular weight is 222 g/mol. The smallest absolute Gasteiger partial charge is 0.259 e. The predicted molar refractivity (Wildman–Crippen MR) is 58.4 cm³/mol. The first-order valence-corrected chi connectivity index (χ1v) is 5.26. The van der Waals surface area contributed by atoms with Crippen molar-refractivity contribution in [3.05, 3.63) is 34.2 Å². The van der Waals surface area contributed by atoms with Gasteiger partial charge >= 0.3 is 0 Å². The van der Waals surface area contributed by atoms with Gasteiger partial charge in [0, 0.05) is 31.5 Å². The number of rotatable bonds is 1. The third-order valence-corrected chi connectivity index (χ3v) is 2.58. The van der Waals surface area contributed by atoms with Crippen LogP contribution in [0, 0.1) is 0 Å². The molecule has 5 nitrogen and oxygen atoms in total. The number of hydrogen-bond donors (Lipinski definition) is 1. The largest absolute Gasteiger partial charge is 0.375 e. The van der Waals surface area contributed by atoms with Crippen molar-refractivity contribution in [2.24, 2.45) is 0 Å². The molecule has 0 spiro atoms. The molecular formula is C11H14N2O3. The Bertz CT molecular complexity index is 441.